The van der Waals surface area contributed by atoms with E-state index in [9.17, 15) is 23.7 Å². The first kappa shape index (κ1) is 13.9. The summed E-state index contributed by atoms with van der Waals surface area (Å²) >= 11 is 0.542. The zero-order valence-corrected chi connectivity index (χ0v) is 10.4. The molecule has 2 rings (SSSR count). The van der Waals surface area contributed by atoms with Crippen molar-refractivity contribution >= 4 is 28.7 Å². The van der Waals surface area contributed by atoms with Gasteiger partial charge < -0.3 is 10.8 Å². The molecule has 0 saturated carbocycles. The second kappa shape index (κ2) is 4.85. The fourth-order valence-electron chi connectivity index (χ4n) is 1.60. The highest BCUT2D eigenvalue weighted by Gasteiger charge is 2.25. The number of aromatic carboxylic acids is 1. The monoisotopic (exact) mass is 300 g/mol. The van der Waals surface area contributed by atoms with Gasteiger partial charge in [-0.1, -0.05) is 0 Å². The van der Waals surface area contributed by atoms with Crippen molar-refractivity contribution in [2.75, 3.05) is 5.73 Å². The van der Waals surface area contributed by atoms with Gasteiger partial charge in [0.2, 0.25) is 5.82 Å². The Kier molecular flexibility index (Phi) is 3.36. The molecule has 0 unspecified atom stereocenters. The summed E-state index contributed by atoms with van der Waals surface area (Å²) in [6.45, 7) is 0. The average molecular weight is 300 g/mol. The lowest BCUT2D eigenvalue weighted by atomic mass is 10.1. The number of thiophene rings is 1. The normalized spacial score (nSPS) is 10.5. The van der Waals surface area contributed by atoms with E-state index in [4.69, 9.17) is 10.8 Å². The molecule has 0 radical (unpaired) electrons. The number of nitrogens with two attached hydrogens (primary N) is 1. The molecule has 0 bridgehead atoms. The Morgan fingerprint density at radius 1 is 1.40 bits per heavy atom. The number of carboxylic acids is 1. The van der Waals surface area contributed by atoms with Crippen LogP contribution in [0.3, 0.4) is 0 Å². The first-order valence-electron chi connectivity index (χ1n) is 5.08. The van der Waals surface area contributed by atoms with Gasteiger partial charge >= 0.3 is 11.7 Å². The van der Waals surface area contributed by atoms with Crippen LogP contribution in [-0.4, -0.2) is 16.0 Å². The molecule has 0 saturated heterocycles. The third kappa shape index (κ3) is 2.18. The van der Waals surface area contributed by atoms with Crippen LogP contribution in [0, 0.1) is 21.7 Å². The maximum absolute atomic E-state index is 13.9. The highest BCUT2D eigenvalue weighted by atomic mass is 32.1. The molecule has 3 N–H and O–H groups in total. The van der Waals surface area contributed by atoms with E-state index in [0.29, 0.717) is 17.4 Å². The SMILES string of the molecule is Nc1cc(-c2c(F)ccc([N+](=O)[O-])c2F)sc1C(=O)O. The highest BCUT2D eigenvalue weighted by molar-refractivity contribution is 7.17. The molecule has 1 aromatic carbocycles. The van der Waals surface area contributed by atoms with E-state index in [2.05, 4.69) is 0 Å². The molecule has 9 heteroatoms. The molecule has 6 nitrogen and oxygen atoms in total. The van der Waals surface area contributed by atoms with Crippen molar-refractivity contribution in [3.8, 4) is 10.4 Å². The standard InChI is InChI=1S/C11H6F2N2O4S/c12-4-1-2-6(15(18)19)9(13)8(4)7-3-5(14)10(20-7)11(16)17/h1-3H,14H2,(H,16,17). The van der Waals surface area contributed by atoms with Gasteiger partial charge in [0.25, 0.3) is 0 Å². The summed E-state index contributed by atoms with van der Waals surface area (Å²) in [5, 5.41) is 19.5. The van der Waals surface area contributed by atoms with E-state index in [1.54, 1.807) is 0 Å². The number of nitrogens with zero attached hydrogens (tertiary/aromatic N) is 1. The number of carboxylic acid groups (broad SMARTS) is 1. The molecule has 1 heterocycles. The minimum atomic E-state index is -1.37. The van der Waals surface area contributed by atoms with Crippen molar-refractivity contribution in [2.24, 2.45) is 0 Å². The number of nitro benzene ring substituents is 1. The Hall–Kier alpha value is -2.55. The van der Waals surface area contributed by atoms with Crippen LogP contribution < -0.4 is 5.73 Å². The smallest absolute Gasteiger partial charge is 0.348 e. The third-order valence-electron chi connectivity index (χ3n) is 2.47. The lowest BCUT2D eigenvalue weighted by molar-refractivity contribution is -0.387. The molecule has 0 spiro atoms. The van der Waals surface area contributed by atoms with Gasteiger partial charge in [-0.15, -0.1) is 11.3 Å². The number of rotatable bonds is 3. The van der Waals surface area contributed by atoms with Crippen molar-refractivity contribution in [2.45, 2.75) is 0 Å². The number of benzene rings is 1. The van der Waals surface area contributed by atoms with Crippen LogP contribution in [0.5, 0.6) is 0 Å². The predicted molar refractivity (Wildman–Crippen MR) is 67.7 cm³/mol. The predicted octanol–water partition coefficient (Wildman–Crippen LogP) is 2.88. The summed E-state index contributed by atoms with van der Waals surface area (Å²) in [5.41, 5.74) is 3.70. The minimum absolute atomic E-state index is 0.126. The number of hydrogen-bond donors (Lipinski definition) is 2. The van der Waals surface area contributed by atoms with E-state index in [0.717, 1.165) is 12.1 Å². The maximum Gasteiger partial charge on any atom is 0.348 e. The van der Waals surface area contributed by atoms with Gasteiger partial charge in [0.15, 0.2) is 0 Å². The van der Waals surface area contributed by atoms with Crippen molar-refractivity contribution in [3.05, 3.63) is 44.8 Å². The molecular weight excluding hydrogens is 294 g/mol. The Morgan fingerprint density at radius 2 is 2.05 bits per heavy atom. The van der Waals surface area contributed by atoms with Crippen LogP contribution in [-0.2, 0) is 0 Å². The number of anilines is 1. The molecular formula is C11H6F2N2O4S. The molecule has 0 aliphatic carbocycles. The van der Waals surface area contributed by atoms with Crippen molar-refractivity contribution in [1.29, 1.82) is 0 Å². The molecule has 0 fully saturated rings. The van der Waals surface area contributed by atoms with Gasteiger partial charge in [0.05, 0.1) is 16.2 Å². The molecule has 0 atom stereocenters. The van der Waals surface area contributed by atoms with E-state index in [1.165, 1.54) is 0 Å². The number of halogens is 2. The van der Waals surface area contributed by atoms with Gasteiger partial charge in [0.1, 0.15) is 10.7 Å². The number of carbonyl (C=O) groups is 1. The van der Waals surface area contributed by atoms with Crippen LogP contribution in [0.25, 0.3) is 10.4 Å². The van der Waals surface area contributed by atoms with Crippen LogP contribution in [0.2, 0.25) is 0 Å². The van der Waals surface area contributed by atoms with Gasteiger partial charge in [-0.3, -0.25) is 10.1 Å². The Balaban J connectivity index is 2.69. The van der Waals surface area contributed by atoms with Gasteiger partial charge in [0, 0.05) is 10.9 Å². The van der Waals surface area contributed by atoms with Crippen LogP contribution in [0.15, 0.2) is 18.2 Å². The molecule has 2 aromatic rings. The van der Waals surface area contributed by atoms with Gasteiger partial charge in [-0.25, -0.2) is 9.18 Å². The summed E-state index contributed by atoms with van der Waals surface area (Å²) in [7, 11) is 0. The Morgan fingerprint density at radius 3 is 2.55 bits per heavy atom. The minimum Gasteiger partial charge on any atom is -0.477 e. The first-order chi connectivity index (χ1) is 9.32. The van der Waals surface area contributed by atoms with Crippen molar-refractivity contribution in [1.82, 2.24) is 0 Å². The van der Waals surface area contributed by atoms with Crippen LogP contribution in [0.1, 0.15) is 9.67 Å². The quantitative estimate of drug-likeness (QED) is 0.669. The Labute approximate surface area is 114 Å². The summed E-state index contributed by atoms with van der Waals surface area (Å²) in [6, 6.07) is 2.51. The number of nitro groups is 1. The van der Waals surface area contributed by atoms with Crippen LogP contribution >= 0.6 is 11.3 Å². The summed E-state index contributed by atoms with van der Waals surface area (Å²) in [6.07, 6.45) is 0. The maximum atomic E-state index is 13.9. The van der Waals surface area contributed by atoms with Gasteiger partial charge in [-0.05, 0) is 12.1 Å². The topological polar surface area (TPSA) is 106 Å². The number of nitrogen functional groups attached to an aromatic ring is 1. The summed E-state index contributed by atoms with van der Waals surface area (Å²) in [5.74, 6) is -3.75. The van der Waals surface area contributed by atoms with Gasteiger partial charge in [-0.2, -0.15) is 4.39 Å². The zero-order valence-electron chi connectivity index (χ0n) is 9.59. The Bertz CT molecular complexity index is 729. The molecule has 1 aromatic heterocycles. The fourth-order valence-corrected chi connectivity index (χ4v) is 2.56. The average Bonchev–Trinajstić information content (AvgIpc) is 2.70. The largest absolute Gasteiger partial charge is 0.477 e. The lowest BCUT2D eigenvalue weighted by Gasteiger charge is -2.02. The summed E-state index contributed by atoms with van der Waals surface area (Å²) < 4.78 is 27.6. The highest BCUT2D eigenvalue weighted by Crippen LogP contribution is 2.38. The fraction of sp³-hybridized carbons (Fsp3) is 0. The second-order valence-electron chi connectivity index (χ2n) is 3.71. The van der Waals surface area contributed by atoms with E-state index < -0.39 is 33.8 Å². The molecule has 0 amide bonds. The van der Waals surface area contributed by atoms with Crippen molar-refractivity contribution < 1.29 is 23.6 Å². The summed E-state index contributed by atoms with van der Waals surface area (Å²) in [4.78, 5) is 20.1. The molecule has 0 aliphatic rings. The third-order valence-corrected chi connectivity index (χ3v) is 3.63. The lowest BCUT2D eigenvalue weighted by Crippen LogP contribution is -1.96. The van der Waals surface area contributed by atoms with Crippen LogP contribution in [0.4, 0.5) is 20.2 Å². The van der Waals surface area contributed by atoms with Crippen molar-refractivity contribution in [3.63, 3.8) is 0 Å². The molecule has 0 aliphatic heterocycles. The van der Waals surface area contributed by atoms with E-state index in [-0.39, 0.29) is 15.4 Å². The number of hydrogen-bond acceptors (Lipinski definition) is 5. The molecule has 104 valence electrons. The van der Waals surface area contributed by atoms with E-state index >= 15 is 0 Å². The zero-order chi connectivity index (χ0) is 15.0. The second-order valence-corrected chi connectivity index (χ2v) is 4.77. The van der Waals surface area contributed by atoms with E-state index in [1.807, 2.05) is 0 Å². The molecule has 20 heavy (non-hydrogen) atoms. The first-order valence-corrected chi connectivity index (χ1v) is 5.90.